The Morgan fingerprint density at radius 2 is 1.45 bits per heavy atom. The number of nitrogens with zero attached hydrogens (tertiary/aromatic N) is 3. The van der Waals surface area contributed by atoms with Crippen molar-refractivity contribution in [2.45, 2.75) is 88.1 Å². The summed E-state index contributed by atoms with van der Waals surface area (Å²) in [6.45, 7) is 1.96. The highest BCUT2D eigenvalue weighted by Gasteiger charge is 2.32. The van der Waals surface area contributed by atoms with Gasteiger partial charge in [0.2, 0.25) is 5.96 Å². The summed E-state index contributed by atoms with van der Waals surface area (Å²) in [5.41, 5.74) is 2.91. The van der Waals surface area contributed by atoms with Gasteiger partial charge in [0.15, 0.2) is 0 Å². The van der Waals surface area contributed by atoms with E-state index in [2.05, 4.69) is 40.0 Å². The van der Waals surface area contributed by atoms with Crippen LogP contribution in [0.2, 0.25) is 0 Å². The van der Waals surface area contributed by atoms with Crippen LogP contribution in [0.3, 0.4) is 0 Å². The van der Waals surface area contributed by atoms with Crippen LogP contribution in [0.1, 0.15) is 69.8 Å². The summed E-state index contributed by atoms with van der Waals surface area (Å²) in [6.07, 6.45) is 10.7. The molecule has 0 atom stereocenters. The van der Waals surface area contributed by atoms with Gasteiger partial charge in [0.25, 0.3) is 10.0 Å². The SMILES string of the molecule is Cc1ccc(S(=O)(=O)NC(=NC2CCCCC2)N(c2nc(-c3ccccc3)cc3ccccc23)C2CCCCC2)cc1. The van der Waals surface area contributed by atoms with E-state index >= 15 is 0 Å². The number of hydrogen-bond acceptors (Lipinski definition) is 4. The molecule has 1 heterocycles. The summed E-state index contributed by atoms with van der Waals surface area (Å²) in [5, 5.41) is 2.06. The first-order valence-electron chi connectivity index (χ1n) is 15.4. The monoisotopic (exact) mass is 580 g/mol. The molecule has 0 saturated heterocycles. The van der Waals surface area contributed by atoms with Crippen LogP contribution in [0.4, 0.5) is 5.82 Å². The molecule has 0 bridgehead atoms. The molecule has 2 saturated carbocycles. The Balaban J connectivity index is 1.54. The highest BCUT2D eigenvalue weighted by atomic mass is 32.2. The zero-order valence-electron chi connectivity index (χ0n) is 24.4. The van der Waals surface area contributed by atoms with Crippen LogP contribution < -0.4 is 9.62 Å². The molecular formula is C35H40N4O2S. The molecule has 4 aromatic rings. The van der Waals surface area contributed by atoms with Crippen LogP contribution in [0, 0.1) is 6.92 Å². The van der Waals surface area contributed by atoms with E-state index in [9.17, 15) is 8.42 Å². The number of hydrogen-bond donors (Lipinski definition) is 1. The molecule has 0 unspecified atom stereocenters. The summed E-state index contributed by atoms with van der Waals surface area (Å²) in [4.78, 5) is 12.9. The fourth-order valence-electron chi connectivity index (χ4n) is 6.32. The highest BCUT2D eigenvalue weighted by molar-refractivity contribution is 7.90. The minimum Gasteiger partial charge on any atom is -0.293 e. The largest absolute Gasteiger partial charge is 0.293 e. The number of fused-ring (bicyclic) bond motifs is 1. The number of guanidine groups is 1. The Kier molecular flexibility index (Phi) is 8.56. The van der Waals surface area contributed by atoms with E-state index in [1.165, 1.54) is 12.8 Å². The average Bonchev–Trinajstić information content (AvgIpc) is 3.02. The van der Waals surface area contributed by atoms with E-state index in [0.29, 0.717) is 5.96 Å². The third kappa shape index (κ3) is 6.36. The standard InChI is InChI=1S/C35H40N4O2S/c1-26-21-23-31(24-22-26)42(40,41)38-35(36-29-16-7-3-8-17-29)39(30-18-9-4-10-19-30)34-32-20-12-11-15-28(32)25-33(37-34)27-13-5-2-6-14-27/h2,5-6,11-15,20-25,29-30H,3-4,7-10,16-19H2,1H3,(H,36,38). The van der Waals surface area contributed by atoms with Crippen molar-refractivity contribution in [3.63, 3.8) is 0 Å². The lowest BCUT2D eigenvalue weighted by molar-refractivity contribution is 0.428. The normalized spacial score (nSPS) is 17.3. The molecule has 2 fully saturated rings. The molecule has 0 amide bonds. The fraction of sp³-hybridized carbons (Fsp3) is 0.371. The van der Waals surface area contributed by atoms with Crippen LogP contribution in [0.5, 0.6) is 0 Å². The zero-order chi connectivity index (χ0) is 28.9. The van der Waals surface area contributed by atoms with E-state index in [-0.39, 0.29) is 17.0 Å². The van der Waals surface area contributed by atoms with Gasteiger partial charge in [-0.2, -0.15) is 0 Å². The van der Waals surface area contributed by atoms with Gasteiger partial charge in [0, 0.05) is 17.0 Å². The van der Waals surface area contributed by atoms with Crippen LogP contribution in [-0.2, 0) is 10.0 Å². The minimum absolute atomic E-state index is 0.0733. The molecule has 2 aliphatic carbocycles. The van der Waals surface area contributed by atoms with Crippen molar-refractivity contribution in [3.8, 4) is 11.3 Å². The first kappa shape index (κ1) is 28.4. The Labute approximate surface area is 250 Å². The average molecular weight is 581 g/mol. The summed E-state index contributed by atoms with van der Waals surface area (Å²) >= 11 is 0. The van der Waals surface area contributed by atoms with Gasteiger partial charge in [0.05, 0.1) is 16.6 Å². The Morgan fingerprint density at radius 1 is 0.810 bits per heavy atom. The summed E-state index contributed by atoms with van der Waals surface area (Å²) in [5.74, 6) is 1.16. The Bertz CT molecular complexity index is 1640. The maximum atomic E-state index is 13.9. The second-order valence-electron chi connectivity index (χ2n) is 11.7. The molecule has 1 aromatic heterocycles. The molecule has 2 aliphatic rings. The molecule has 218 valence electrons. The maximum Gasteiger partial charge on any atom is 0.264 e. The summed E-state index contributed by atoms with van der Waals surface area (Å²) in [6, 6.07) is 27.8. The lowest BCUT2D eigenvalue weighted by Crippen LogP contribution is -2.51. The first-order valence-corrected chi connectivity index (χ1v) is 16.9. The van der Waals surface area contributed by atoms with Gasteiger partial charge >= 0.3 is 0 Å². The van der Waals surface area contributed by atoms with Crippen molar-refractivity contribution in [2.75, 3.05) is 4.90 Å². The van der Waals surface area contributed by atoms with Crippen molar-refractivity contribution >= 4 is 32.6 Å². The van der Waals surface area contributed by atoms with Gasteiger partial charge in [0.1, 0.15) is 5.82 Å². The summed E-state index contributed by atoms with van der Waals surface area (Å²) in [7, 11) is -3.88. The van der Waals surface area contributed by atoms with E-state index < -0.39 is 10.0 Å². The van der Waals surface area contributed by atoms with E-state index in [1.807, 2.05) is 49.4 Å². The van der Waals surface area contributed by atoms with Crippen LogP contribution in [-0.4, -0.2) is 31.4 Å². The van der Waals surface area contributed by atoms with Gasteiger partial charge in [-0.3, -0.25) is 4.90 Å². The fourth-order valence-corrected chi connectivity index (χ4v) is 7.33. The van der Waals surface area contributed by atoms with E-state index in [0.717, 1.165) is 84.8 Å². The third-order valence-electron chi connectivity index (χ3n) is 8.62. The van der Waals surface area contributed by atoms with Gasteiger partial charge < -0.3 is 0 Å². The smallest absolute Gasteiger partial charge is 0.264 e. The van der Waals surface area contributed by atoms with Crippen LogP contribution in [0.25, 0.3) is 22.0 Å². The van der Waals surface area contributed by atoms with E-state index in [4.69, 9.17) is 9.98 Å². The van der Waals surface area contributed by atoms with Crippen molar-refractivity contribution in [2.24, 2.45) is 4.99 Å². The van der Waals surface area contributed by atoms with Crippen LogP contribution >= 0.6 is 0 Å². The Hall–Kier alpha value is -3.71. The molecule has 0 spiro atoms. The van der Waals surface area contributed by atoms with Crippen molar-refractivity contribution < 1.29 is 8.42 Å². The van der Waals surface area contributed by atoms with Gasteiger partial charge in [-0.05, 0) is 56.2 Å². The lowest BCUT2D eigenvalue weighted by Gasteiger charge is -2.37. The van der Waals surface area contributed by atoms with Gasteiger partial charge in [-0.1, -0.05) is 111 Å². The summed E-state index contributed by atoms with van der Waals surface area (Å²) < 4.78 is 30.9. The van der Waals surface area contributed by atoms with Crippen molar-refractivity contribution in [1.29, 1.82) is 0 Å². The minimum atomic E-state index is -3.88. The number of aliphatic imine (C=N–C) groups is 1. The Morgan fingerprint density at radius 3 is 2.17 bits per heavy atom. The molecule has 7 heteroatoms. The number of aromatic nitrogens is 1. The number of benzene rings is 3. The molecule has 3 aromatic carbocycles. The number of anilines is 1. The van der Waals surface area contributed by atoms with Crippen molar-refractivity contribution in [3.05, 3.63) is 90.5 Å². The predicted molar refractivity (Wildman–Crippen MR) is 172 cm³/mol. The molecule has 42 heavy (non-hydrogen) atoms. The molecule has 6 rings (SSSR count). The quantitative estimate of drug-likeness (QED) is 0.185. The molecule has 6 nitrogen and oxygen atoms in total. The number of pyridine rings is 1. The number of rotatable bonds is 6. The van der Waals surface area contributed by atoms with E-state index in [1.54, 1.807) is 12.1 Å². The number of nitrogens with one attached hydrogen (secondary N) is 1. The third-order valence-corrected chi connectivity index (χ3v) is 9.97. The highest BCUT2D eigenvalue weighted by Crippen LogP contribution is 2.35. The molecule has 0 radical (unpaired) electrons. The lowest BCUT2D eigenvalue weighted by atomic mass is 9.93. The molecule has 1 N–H and O–H groups in total. The number of sulfonamides is 1. The van der Waals surface area contributed by atoms with Crippen molar-refractivity contribution in [1.82, 2.24) is 9.71 Å². The first-order chi connectivity index (χ1) is 20.5. The predicted octanol–water partition coefficient (Wildman–Crippen LogP) is 8.02. The zero-order valence-corrected chi connectivity index (χ0v) is 25.2. The molecular weight excluding hydrogens is 540 g/mol. The topological polar surface area (TPSA) is 74.7 Å². The van der Waals surface area contributed by atoms with Crippen LogP contribution in [0.15, 0.2) is 94.8 Å². The molecule has 0 aliphatic heterocycles. The van der Waals surface area contributed by atoms with Gasteiger partial charge in [-0.25, -0.2) is 23.1 Å². The maximum absolute atomic E-state index is 13.9. The second-order valence-corrected chi connectivity index (χ2v) is 13.4. The number of aryl methyl sites for hydroxylation is 1. The second kappa shape index (κ2) is 12.7. The van der Waals surface area contributed by atoms with Gasteiger partial charge in [-0.15, -0.1) is 0 Å².